The smallest absolute Gasteiger partial charge is 0.211 e. The number of hydrogen-bond donors (Lipinski definition) is 2. The first-order chi connectivity index (χ1) is 23.2. The Morgan fingerprint density at radius 3 is 1.23 bits per heavy atom. The molecule has 0 spiro atoms. The summed E-state index contributed by atoms with van der Waals surface area (Å²) < 4.78 is 36.3. The summed E-state index contributed by atoms with van der Waals surface area (Å²) in [5.41, 5.74) is 5.22. The van der Waals surface area contributed by atoms with Crippen molar-refractivity contribution in [1.29, 1.82) is 0 Å². The molecule has 0 saturated heterocycles. The number of ether oxygens (including phenoxy) is 6. The molecule has 48 heavy (non-hydrogen) atoms. The lowest BCUT2D eigenvalue weighted by Crippen LogP contribution is -2.01. The standard InChI is InChI=1S/C40H50O8/c1-9-13-25-17-29(37(41)31(19-25)43-5)30-18-26(14-10-2)22-34(45-7)39(30)48-36-24-28(16-12-4)23-35(46-8)40(36)47-33-21-27(15-11-3)20-32(44-6)38(33)42/h17-24,41-42H,9-16H2,1-8H3. The van der Waals surface area contributed by atoms with Crippen molar-refractivity contribution in [3.05, 3.63) is 70.8 Å². The Bertz CT molecular complexity index is 1690. The highest BCUT2D eigenvalue weighted by atomic mass is 16.6. The molecule has 0 saturated carbocycles. The van der Waals surface area contributed by atoms with E-state index in [-0.39, 0.29) is 23.0 Å². The fourth-order valence-electron chi connectivity index (χ4n) is 5.92. The number of benzene rings is 4. The van der Waals surface area contributed by atoms with Crippen molar-refractivity contribution >= 4 is 0 Å². The molecular formula is C40H50O8. The zero-order valence-electron chi connectivity index (χ0n) is 29.6. The molecule has 0 radical (unpaired) electrons. The lowest BCUT2D eigenvalue weighted by atomic mass is 9.95. The summed E-state index contributed by atoms with van der Waals surface area (Å²) in [5.74, 6) is 2.75. The average Bonchev–Trinajstić information content (AvgIpc) is 3.08. The Morgan fingerprint density at radius 2 is 0.750 bits per heavy atom. The lowest BCUT2D eigenvalue weighted by molar-refractivity contribution is 0.330. The van der Waals surface area contributed by atoms with E-state index in [1.165, 1.54) is 7.11 Å². The normalized spacial score (nSPS) is 10.9. The molecule has 0 unspecified atom stereocenters. The van der Waals surface area contributed by atoms with Gasteiger partial charge in [0.25, 0.3) is 0 Å². The van der Waals surface area contributed by atoms with Gasteiger partial charge in [0.1, 0.15) is 0 Å². The minimum atomic E-state index is -0.130. The van der Waals surface area contributed by atoms with Crippen LogP contribution in [-0.4, -0.2) is 38.7 Å². The first kappa shape index (κ1) is 36.1. The van der Waals surface area contributed by atoms with Gasteiger partial charge in [0.15, 0.2) is 46.0 Å². The zero-order valence-corrected chi connectivity index (χ0v) is 29.6. The third-order valence-electron chi connectivity index (χ3n) is 8.18. The maximum Gasteiger partial charge on any atom is 0.211 e. The molecule has 0 heterocycles. The Kier molecular flexibility index (Phi) is 12.7. The van der Waals surface area contributed by atoms with E-state index in [4.69, 9.17) is 28.4 Å². The van der Waals surface area contributed by atoms with Gasteiger partial charge >= 0.3 is 0 Å². The number of hydrogen-bond acceptors (Lipinski definition) is 8. The zero-order chi connectivity index (χ0) is 34.8. The highest BCUT2D eigenvalue weighted by molar-refractivity contribution is 5.82. The van der Waals surface area contributed by atoms with Gasteiger partial charge in [0, 0.05) is 11.1 Å². The van der Waals surface area contributed by atoms with Crippen molar-refractivity contribution in [1.82, 2.24) is 0 Å². The van der Waals surface area contributed by atoms with Gasteiger partial charge < -0.3 is 38.6 Å². The first-order valence-electron chi connectivity index (χ1n) is 16.8. The third kappa shape index (κ3) is 8.04. The van der Waals surface area contributed by atoms with E-state index in [9.17, 15) is 10.2 Å². The third-order valence-corrected chi connectivity index (χ3v) is 8.18. The van der Waals surface area contributed by atoms with Crippen molar-refractivity contribution in [2.24, 2.45) is 0 Å². The van der Waals surface area contributed by atoms with Gasteiger partial charge in [-0.1, -0.05) is 53.4 Å². The molecule has 258 valence electrons. The first-order valence-corrected chi connectivity index (χ1v) is 16.8. The Hall–Kier alpha value is -4.72. The molecule has 8 nitrogen and oxygen atoms in total. The molecule has 8 heteroatoms. The SMILES string of the molecule is CCCc1cc(OC)c(O)c(Oc2c(OC)cc(CCC)cc2Oc2c(OC)cc(CCC)cc2-c2cc(CCC)cc(OC)c2O)c1. The van der Waals surface area contributed by atoms with Gasteiger partial charge in [0.2, 0.25) is 11.5 Å². The Balaban J connectivity index is 2.01. The van der Waals surface area contributed by atoms with Crippen LogP contribution in [0.3, 0.4) is 0 Å². The minimum Gasteiger partial charge on any atom is -0.504 e. The van der Waals surface area contributed by atoms with Crippen LogP contribution in [0.25, 0.3) is 11.1 Å². The molecular weight excluding hydrogens is 608 g/mol. The number of methoxy groups -OCH3 is 4. The Morgan fingerprint density at radius 1 is 0.396 bits per heavy atom. The highest BCUT2D eigenvalue weighted by Crippen LogP contribution is 2.52. The van der Waals surface area contributed by atoms with Crippen LogP contribution < -0.4 is 28.4 Å². The van der Waals surface area contributed by atoms with Gasteiger partial charge in [-0.3, -0.25) is 0 Å². The van der Waals surface area contributed by atoms with Crippen molar-refractivity contribution in [2.75, 3.05) is 28.4 Å². The minimum absolute atomic E-state index is 0.0106. The molecule has 0 amide bonds. The lowest BCUT2D eigenvalue weighted by Gasteiger charge is -2.22. The van der Waals surface area contributed by atoms with Crippen LogP contribution in [0.1, 0.15) is 75.6 Å². The molecule has 4 aromatic carbocycles. The van der Waals surface area contributed by atoms with Crippen molar-refractivity contribution < 1.29 is 38.6 Å². The van der Waals surface area contributed by atoms with Crippen LogP contribution in [0.4, 0.5) is 0 Å². The number of phenols is 2. The van der Waals surface area contributed by atoms with E-state index >= 15 is 0 Å². The molecule has 0 aliphatic rings. The predicted molar refractivity (Wildman–Crippen MR) is 190 cm³/mol. The predicted octanol–water partition coefficient (Wildman–Crippen LogP) is 10.2. The summed E-state index contributed by atoms with van der Waals surface area (Å²) in [7, 11) is 6.24. The van der Waals surface area contributed by atoms with Gasteiger partial charge in [-0.15, -0.1) is 0 Å². The van der Waals surface area contributed by atoms with E-state index in [1.54, 1.807) is 27.4 Å². The van der Waals surface area contributed by atoms with Crippen LogP contribution in [0, 0.1) is 0 Å². The highest BCUT2D eigenvalue weighted by Gasteiger charge is 2.25. The molecule has 0 aromatic heterocycles. The monoisotopic (exact) mass is 658 g/mol. The maximum atomic E-state index is 11.5. The van der Waals surface area contributed by atoms with Crippen LogP contribution in [0.15, 0.2) is 48.5 Å². The molecule has 0 fully saturated rings. The van der Waals surface area contributed by atoms with E-state index in [0.717, 1.165) is 73.6 Å². The molecule has 4 aromatic rings. The summed E-state index contributed by atoms with van der Waals surface area (Å²) in [6.07, 6.45) is 6.82. The van der Waals surface area contributed by atoms with Crippen LogP contribution in [0.5, 0.6) is 57.5 Å². The largest absolute Gasteiger partial charge is 0.504 e. The summed E-state index contributed by atoms with van der Waals surface area (Å²) in [5, 5.41) is 22.6. The maximum absolute atomic E-state index is 11.5. The molecule has 4 rings (SSSR count). The van der Waals surface area contributed by atoms with Crippen LogP contribution in [-0.2, 0) is 25.7 Å². The molecule has 0 atom stereocenters. The fourth-order valence-corrected chi connectivity index (χ4v) is 5.92. The van der Waals surface area contributed by atoms with Crippen LogP contribution in [0.2, 0.25) is 0 Å². The van der Waals surface area contributed by atoms with E-state index in [1.807, 2.05) is 42.5 Å². The second kappa shape index (κ2) is 16.9. The number of aryl methyl sites for hydroxylation is 4. The van der Waals surface area contributed by atoms with Crippen molar-refractivity contribution in [3.8, 4) is 68.6 Å². The summed E-state index contributed by atoms with van der Waals surface area (Å²) >= 11 is 0. The molecule has 0 aliphatic carbocycles. The Labute approximate surface area is 285 Å². The number of aromatic hydroxyl groups is 2. The van der Waals surface area contributed by atoms with Crippen molar-refractivity contribution in [3.63, 3.8) is 0 Å². The second-order valence-electron chi connectivity index (χ2n) is 11.8. The van der Waals surface area contributed by atoms with Gasteiger partial charge in [-0.2, -0.15) is 0 Å². The summed E-state index contributed by atoms with van der Waals surface area (Å²) in [6.45, 7) is 8.42. The van der Waals surface area contributed by atoms with Gasteiger partial charge in [-0.05, 0) is 96.5 Å². The average molecular weight is 659 g/mol. The number of rotatable bonds is 17. The quantitative estimate of drug-likeness (QED) is 0.116. The fraction of sp³-hybridized carbons (Fsp3) is 0.400. The summed E-state index contributed by atoms with van der Waals surface area (Å²) in [4.78, 5) is 0. The van der Waals surface area contributed by atoms with E-state index < -0.39 is 0 Å². The van der Waals surface area contributed by atoms with Crippen LogP contribution >= 0.6 is 0 Å². The molecule has 2 N–H and O–H groups in total. The van der Waals surface area contributed by atoms with E-state index in [0.29, 0.717) is 45.6 Å². The van der Waals surface area contributed by atoms with E-state index in [2.05, 4.69) is 27.7 Å². The molecule has 0 aliphatic heterocycles. The second-order valence-corrected chi connectivity index (χ2v) is 11.8. The van der Waals surface area contributed by atoms with Gasteiger partial charge in [0.05, 0.1) is 28.4 Å². The molecule has 0 bridgehead atoms. The topological polar surface area (TPSA) is 95.8 Å². The van der Waals surface area contributed by atoms with Gasteiger partial charge in [-0.25, -0.2) is 0 Å². The summed E-state index contributed by atoms with van der Waals surface area (Å²) in [6, 6.07) is 15.3. The number of phenolic OH excluding ortho intramolecular Hbond substituents is 2. The van der Waals surface area contributed by atoms with Crippen molar-refractivity contribution in [2.45, 2.75) is 79.1 Å².